The Hall–Kier alpha value is -2.68. The third kappa shape index (κ3) is 6.05. The predicted molar refractivity (Wildman–Crippen MR) is 134 cm³/mol. The van der Waals surface area contributed by atoms with Crippen molar-refractivity contribution < 1.29 is 17.9 Å². The van der Waals surface area contributed by atoms with Crippen LogP contribution < -0.4 is 4.74 Å². The van der Waals surface area contributed by atoms with E-state index in [1.807, 2.05) is 61.5 Å². The Morgan fingerprint density at radius 3 is 2.35 bits per heavy atom. The molecule has 1 amide bonds. The largest absolute Gasteiger partial charge is 0.489 e. The number of ether oxygens (including phenoxy) is 1. The first-order valence-corrected chi connectivity index (χ1v) is 13.8. The molecule has 1 saturated heterocycles. The van der Waals surface area contributed by atoms with Crippen molar-refractivity contribution in [2.24, 2.45) is 0 Å². The summed E-state index contributed by atoms with van der Waals surface area (Å²) >= 11 is 1.20. The summed E-state index contributed by atoms with van der Waals surface area (Å²) in [5.74, 6) is 0.770. The lowest BCUT2D eigenvalue weighted by atomic mass is 10.2. The minimum Gasteiger partial charge on any atom is -0.489 e. The zero-order chi connectivity index (χ0) is 24.0. The molecule has 0 unspecified atom stereocenters. The molecule has 8 heteroatoms. The van der Waals surface area contributed by atoms with Gasteiger partial charge in [0, 0.05) is 31.1 Å². The quantitative estimate of drug-likeness (QED) is 0.406. The van der Waals surface area contributed by atoms with Crippen LogP contribution in [0.25, 0.3) is 0 Å². The zero-order valence-electron chi connectivity index (χ0n) is 19.4. The van der Waals surface area contributed by atoms with Crippen molar-refractivity contribution in [1.29, 1.82) is 0 Å². The van der Waals surface area contributed by atoms with Crippen LogP contribution in [0, 0.1) is 0 Å². The normalized spacial score (nSPS) is 14.3. The maximum absolute atomic E-state index is 12.9. The SMILES string of the molecule is CCN(Cc1ccc(OCc2ccccc2)cc1)C(=O)Cc1ccc(S(=O)(=O)N2CCCC2)s1. The minimum absolute atomic E-state index is 0.0149. The van der Waals surface area contributed by atoms with Crippen molar-refractivity contribution in [2.45, 2.75) is 43.5 Å². The number of carbonyl (C=O) groups excluding carboxylic acids is 1. The predicted octanol–water partition coefficient (Wildman–Crippen LogP) is 4.70. The van der Waals surface area contributed by atoms with Gasteiger partial charge in [0.25, 0.3) is 10.0 Å². The summed E-state index contributed by atoms with van der Waals surface area (Å²) in [6.45, 7) is 4.69. The van der Waals surface area contributed by atoms with Crippen LogP contribution >= 0.6 is 11.3 Å². The zero-order valence-corrected chi connectivity index (χ0v) is 21.0. The Labute approximate surface area is 205 Å². The molecule has 0 saturated carbocycles. The number of hydrogen-bond acceptors (Lipinski definition) is 5. The van der Waals surface area contributed by atoms with Crippen LogP contribution in [0.15, 0.2) is 70.9 Å². The van der Waals surface area contributed by atoms with Crippen LogP contribution in [0.1, 0.15) is 35.8 Å². The molecule has 1 aromatic heterocycles. The standard InChI is InChI=1S/C26H30N2O4S2/c1-2-27(19-21-10-12-23(13-11-21)32-20-22-8-4-3-5-9-22)25(29)18-24-14-15-26(33-24)34(30,31)28-16-6-7-17-28/h3-5,8-15H,2,6-7,16-20H2,1H3. The summed E-state index contributed by atoms with van der Waals surface area (Å²) in [6.07, 6.45) is 2.01. The van der Waals surface area contributed by atoms with Gasteiger partial charge in [0.2, 0.25) is 5.91 Å². The van der Waals surface area contributed by atoms with Gasteiger partial charge in [0.1, 0.15) is 16.6 Å². The number of hydrogen-bond donors (Lipinski definition) is 0. The summed E-state index contributed by atoms with van der Waals surface area (Å²) in [5, 5.41) is 0. The van der Waals surface area contributed by atoms with E-state index < -0.39 is 10.0 Å². The molecule has 1 aliphatic rings. The van der Waals surface area contributed by atoms with Crippen molar-refractivity contribution >= 4 is 27.3 Å². The number of amides is 1. The second kappa shape index (κ2) is 11.2. The molecule has 180 valence electrons. The van der Waals surface area contributed by atoms with Crippen LogP contribution in [-0.4, -0.2) is 43.2 Å². The number of carbonyl (C=O) groups is 1. The van der Waals surface area contributed by atoms with Gasteiger partial charge in [-0.3, -0.25) is 4.79 Å². The molecule has 3 aromatic rings. The van der Waals surface area contributed by atoms with Crippen LogP contribution in [-0.2, 0) is 34.4 Å². The van der Waals surface area contributed by atoms with Gasteiger partial charge in [-0.25, -0.2) is 8.42 Å². The fraction of sp³-hybridized carbons (Fsp3) is 0.346. The van der Waals surface area contributed by atoms with Gasteiger partial charge in [-0.15, -0.1) is 11.3 Å². The molecule has 0 bridgehead atoms. The summed E-state index contributed by atoms with van der Waals surface area (Å²) < 4.78 is 33.2. The molecule has 0 N–H and O–H groups in total. The Bertz CT molecular complexity index is 1190. The molecule has 4 rings (SSSR count). The van der Waals surface area contributed by atoms with E-state index in [2.05, 4.69) is 0 Å². The van der Waals surface area contributed by atoms with E-state index >= 15 is 0 Å². The van der Waals surface area contributed by atoms with E-state index in [9.17, 15) is 13.2 Å². The average molecular weight is 499 g/mol. The molecule has 2 heterocycles. The molecule has 0 radical (unpaired) electrons. The number of benzene rings is 2. The highest BCUT2D eigenvalue weighted by molar-refractivity contribution is 7.91. The Morgan fingerprint density at radius 2 is 1.68 bits per heavy atom. The first kappa shape index (κ1) is 24.4. The Kier molecular flexibility index (Phi) is 8.03. The van der Waals surface area contributed by atoms with Crippen molar-refractivity contribution in [3.63, 3.8) is 0 Å². The Morgan fingerprint density at radius 1 is 0.971 bits per heavy atom. The number of thiophene rings is 1. The second-order valence-electron chi connectivity index (χ2n) is 8.33. The van der Waals surface area contributed by atoms with E-state index in [0.29, 0.717) is 37.0 Å². The fourth-order valence-corrected chi connectivity index (χ4v) is 6.96. The van der Waals surface area contributed by atoms with Gasteiger partial charge < -0.3 is 9.64 Å². The highest BCUT2D eigenvalue weighted by atomic mass is 32.2. The molecular weight excluding hydrogens is 468 g/mol. The van der Waals surface area contributed by atoms with E-state index in [0.717, 1.165) is 34.6 Å². The van der Waals surface area contributed by atoms with Crippen LogP contribution in [0.4, 0.5) is 0 Å². The van der Waals surface area contributed by atoms with Gasteiger partial charge in [0.15, 0.2) is 0 Å². The van der Waals surface area contributed by atoms with E-state index in [-0.39, 0.29) is 12.3 Å². The number of nitrogens with zero attached hydrogens (tertiary/aromatic N) is 2. The smallest absolute Gasteiger partial charge is 0.252 e. The average Bonchev–Trinajstić information content (AvgIpc) is 3.56. The third-order valence-corrected chi connectivity index (χ3v) is 9.35. The fourth-order valence-electron chi connectivity index (χ4n) is 3.94. The summed E-state index contributed by atoms with van der Waals surface area (Å²) in [5.41, 5.74) is 2.13. The molecule has 6 nitrogen and oxygen atoms in total. The maximum Gasteiger partial charge on any atom is 0.252 e. The lowest BCUT2D eigenvalue weighted by molar-refractivity contribution is -0.130. The molecule has 1 aliphatic heterocycles. The topological polar surface area (TPSA) is 66.9 Å². The van der Waals surface area contributed by atoms with Gasteiger partial charge in [-0.1, -0.05) is 42.5 Å². The van der Waals surface area contributed by atoms with Crippen LogP contribution in [0.2, 0.25) is 0 Å². The highest BCUT2D eigenvalue weighted by Crippen LogP contribution is 2.28. The van der Waals surface area contributed by atoms with Crippen LogP contribution in [0.5, 0.6) is 5.75 Å². The lowest BCUT2D eigenvalue weighted by Crippen LogP contribution is -2.31. The van der Waals surface area contributed by atoms with Crippen LogP contribution in [0.3, 0.4) is 0 Å². The van der Waals surface area contributed by atoms with E-state index in [1.54, 1.807) is 17.0 Å². The first-order valence-electron chi connectivity index (χ1n) is 11.6. The minimum atomic E-state index is -3.44. The van der Waals surface area contributed by atoms with Crippen molar-refractivity contribution in [3.05, 3.63) is 82.7 Å². The van der Waals surface area contributed by atoms with E-state index in [1.165, 1.54) is 15.6 Å². The van der Waals surface area contributed by atoms with Crippen molar-refractivity contribution in [2.75, 3.05) is 19.6 Å². The summed E-state index contributed by atoms with van der Waals surface area (Å²) in [4.78, 5) is 15.5. The Balaban J connectivity index is 1.33. The molecular formula is C26H30N2O4S2. The van der Waals surface area contributed by atoms with Crippen molar-refractivity contribution in [3.8, 4) is 5.75 Å². The monoisotopic (exact) mass is 498 g/mol. The number of sulfonamides is 1. The van der Waals surface area contributed by atoms with Gasteiger partial charge in [-0.2, -0.15) is 4.31 Å². The number of rotatable bonds is 10. The van der Waals surface area contributed by atoms with E-state index in [4.69, 9.17) is 4.74 Å². The summed E-state index contributed by atoms with van der Waals surface area (Å²) in [7, 11) is -3.44. The van der Waals surface area contributed by atoms with Gasteiger partial charge in [-0.05, 0) is 55.2 Å². The third-order valence-electron chi connectivity index (χ3n) is 5.90. The highest BCUT2D eigenvalue weighted by Gasteiger charge is 2.28. The molecule has 34 heavy (non-hydrogen) atoms. The molecule has 2 aromatic carbocycles. The van der Waals surface area contributed by atoms with Crippen molar-refractivity contribution in [1.82, 2.24) is 9.21 Å². The second-order valence-corrected chi connectivity index (χ2v) is 11.7. The number of likely N-dealkylation sites (N-methyl/N-ethyl adjacent to an activating group) is 1. The first-order chi connectivity index (χ1) is 16.5. The lowest BCUT2D eigenvalue weighted by Gasteiger charge is -2.21. The van der Waals surface area contributed by atoms with Gasteiger partial charge >= 0.3 is 0 Å². The van der Waals surface area contributed by atoms with Gasteiger partial charge in [0.05, 0.1) is 6.42 Å². The molecule has 1 fully saturated rings. The maximum atomic E-state index is 12.9. The molecule has 0 atom stereocenters. The molecule has 0 spiro atoms. The molecule has 0 aliphatic carbocycles. The summed E-state index contributed by atoms with van der Waals surface area (Å²) in [6, 6.07) is 21.2.